The van der Waals surface area contributed by atoms with Gasteiger partial charge in [-0.15, -0.1) is 11.3 Å². The van der Waals surface area contributed by atoms with Gasteiger partial charge >= 0.3 is 0 Å². The minimum atomic E-state index is -0.369. The van der Waals surface area contributed by atoms with E-state index in [0.29, 0.717) is 13.1 Å². The number of nitrogens with one attached hydrogen (secondary N) is 1. The molecule has 1 aliphatic rings. The van der Waals surface area contributed by atoms with Crippen molar-refractivity contribution >= 4 is 28.8 Å². The Morgan fingerprint density at radius 1 is 1.24 bits per heavy atom. The average molecular weight is 407 g/mol. The molecule has 7 heteroatoms. The van der Waals surface area contributed by atoms with Crippen molar-refractivity contribution < 1.29 is 14.3 Å². The lowest BCUT2D eigenvalue weighted by Gasteiger charge is -2.17. The van der Waals surface area contributed by atoms with Gasteiger partial charge in [-0.3, -0.25) is 14.6 Å². The molecule has 4 rings (SSSR count). The minimum Gasteiger partial charge on any atom is -0.497 e. The molecule has 2 amide bonds. The molecule has 1 unspecified atom stereocenters. The number of pyridine rings is 1. The van der Waals surface area contributed by atoms with Crippen molar-refractivity contribution in [3.8, 4) is 16.3 Å². The SMILES string of the molecule is COc1ccc(N2CC(C(=O)NCc3cccnc3-c3cccs3)CC2=O)cc1. The molecule has 1 aliphatic heterocycles. The highest BCUT2D eigenvalue weighted by molar-refractivity contribution is 7.13. The van der Waals surface area contributed by atoms with Crippen LogP contribution in [0.25, 0.3) is 10.6 Å². The fourth-order valence-corrected chi connectivity index (χ4v) is 4.19. The first-order valence-corrected chi connectivity index (χ1v) is 10.2. The molecule has 148 valence electrons. The summed E-state index contributed by atoms with van der Waals surface area (Å²) < 4.78 is 5.16. The summed E-state index contributed by atoms with van der Waals surface area (Å²) in [4.78, 5) is 32.3. The third kappa shape index (κ3) is 4.14. The molecule has 3 aromatic rings. The van der Waals surface area contributed by atoms with E-state index in [1.54, 1.807) is 29.5 Å². The van der Waals surface area contributed by atoms with Crippen LogP contribution < -0.4 is 15.0 Å². The summed E-state index contributed by atoms with van der Waals surface area (Å²) in [5.74, 6) is 0.200. The number of amides is 2. The van der Waals surface area contributed by atoms with Gasteiger partial charge in [0.15, 0.2) is 0 Å². The zero-order valence-corrected chi connectivity index (χ0v) is 16.8. The van der Waals surface area contributed by atoms with E-state index in [1.807, 2.05) is 53.9 Å². The van der Waals surface area contributed by atoms with Gasteiger partial charge in [0.05, 0.1) is 23.6 Å². The number of nitrogens with zero attached hydrogens (tertiary/aromatic N) is 2. The zero-order chi connectivity index (χ0) is 20.2. The molecule has 6 nitrogen and oxygen atoms in total. The van der Waals surface area contributed by atoms with Gasteiger partial charge in [0.1, 0.15) is 5.75 Å². The number of benzene rings is 1. The summed E-state index contributed by atoms with van der Waals surface area (Å²) in [7, 11) is 1.60. The van der Waals surface area contributed by atoms with Crippen molar-refractivity contribution in [3.63, 3.8) is 0 Å². The van der Waals surface area contributed by atoms with Gasteiger partial charge < -0.3 is 15.0 Å². The van der Waals surface area contributed by atoms with Crippen LogP contribution in [0.1, 0.15) is 12.0 Å². The standard InChI is InChI=1S/C22H21N3O3S/c1-28-18-8-6-17(7-9-18)25-14-16(12-20(25)26)22(27)24-13-15-4-2-10-23-21(15)19-5-3-11-29-19/h2-11,16H,12-14H2,1H3,(H,24,27). The van der Waals surface area contributed by atoms with Crippen molar-refractivity contribution in [1.82, 2.24) is 10.3 Å². The highest BCUT2D eigenvalue weighted by atomic mass is 32.1. The number of carbonyl (C=O) groups excluding carboxylic acids is 2. The van der Waals surface area contributed by atoms with Gasteiger partial charge in [-0.1, -0.05) is 12.1 Å². The fourth-order valence-electron chi connectivity index (χ4n) is 3.44. The van der Waals surface area contributed by atoms with Gasteiger partial charge in [0, 0.05) is 31.4 Å². The fraction of sp³-hybridized carbons (Fsp3) is 0.227. The number of aromatic nitrogens is 1. The molecule has 1 atom stereocenters. The molecule has 3 heterocycles. The van der Waals surface area contributed by atoms with Gasteiger partial charge in [0.25, 0.3) is 0 Å². The third-order valence-corrected chi connectivity index (χ3v) is 5.86. The van der Waals surface area contributed by atoms with Crippen LogP contribution in [0.15, 0.2) is 60.1 Å². The number of hydrogen-bond donors (Lipinski definition) is 1. The van der Waals surface area contributed by atoms with Crippen LogP contribution in [0, 0.1) is 5.92 Å². The molecule has 1 saturated heterocycles. The Balaban J connectivity index is 1.40. The maximum Gasteiger partial charge on any atom is 0.227 e. The number of methoxy groups -OCH3 is 1. The van der Waals surface area contributed by atoms with Crippen molar-refractivity contribution in [1.29, 1.82) is 0 Å². The van der Waals surface area contributed by atoms with E-state index in [0.717, 1.165) is 27.6 Å². The molecule has 29 heavy (non-hydrogen) atoms. The Morgan fingerprint density at radius 3 is 2.79 bits per heavy atom. The largest absolute Gasteiger partial charge is 0.497 e. The normalized spacial score (nSPS) is 16.1. The van der Waals surface area contributed by atoms with E-state index in [2.05, 4.69) is 10.3 Å². The summed E-state index contributed by atoms with van der Waals surface area (Å²) in [5.41, 5.74) is 2.61. The highest BCUT2D eigenvalue weighted by Gasteiger charge is 2.35. The lowest BCUT2D eigenvalue weighted by atomic mass is 10.1. The van der Waals surface area contributed by atoms with E-state index in [1.165, 1.54) is 0 Å². The van der Waals surface area contributed by atoms with Crippen LogP contribution in [-0.2, 0) is 16.1 Å². The Labute approximate surface area is 173 Å². The van der Waals surface area contributed by atoms with Crippen molar-refractivity contribution in [2.24, 2.45) is 5.92 Å². The first-order valence-electron chi connectivity index (χ1n) is 9.35. The summed E-state index contributed by atoms with van der Waals surface area (Å²) >= 11 is 1.62. The van der Waals surface area contributed by atoms with E-state index in [4.69, 9.17) is 4.74 Å². The van der Waals surface area contributed by atoms with Crippen LogP contribution in [0.2, 0.25) is 0 Å². The van der Waals surface area contributed by atoms with Gasteiger partial charge in [-0.2, -0.15) is 0 Å². The van der Waals surface area contributed by atoms with E-state index in [-0.39, 0.29) is 24.2 Å². The van der Waals surface area contributed by atoms with E-state index < -0.39 is 0 Å². The maximum atomic E-state index is 12.7. The Hall–Kier alpha value is -3.19. The Kier molecular flexibility index (Phi) is 5.57. The predicted octanol–water partition coefficient (Wildman–Crippen LogP) is 3.49. The van der Waals surface area contributed by atoms with Crippen LogP contribution in [0.5, 0.6) is 5.75 Å². The topological polar surface area (TPSA) is 71.5 Å². The maximum absolute atomic E-state index is 12.7. The quantitative estimate of drug-likeness (QED) is 0.679. The van der Waals surface area contributed by atoms with Crippen molar-refractivity contribution in [3.05, 3.63) is 65.7 Å². The van der Waals surface area contributed by atoms with Crippen molar-refractivity contribution in [2.45, 2.75) is 13.0 Å². The number of thiophene rings is 1. The summed E-state index contributed by atoms with van der Waals surface area (Å²) in [6.07, 6.45) is 1.96. The summed E-state index contributed by atoms with van der Waals surface area (Å²) in [6, 6.07) is 15.1. The molecular weight excluding hydrogens is 386 g/mol. The molecule has 1 N–H and O–H groups in total. The third-order valence-electron chi connectivity index (χ3n) is 4.98. The second-order valence-corrected chi connectivity index (χ2v) is 7.76. The minimum absolute atomic E-state index is 0.0454. The smallest absolute Gasteiger partial charge is 0.227 e. The lowest BCUT2D eigenvalue weighted by molar-refractivity contribution is -0.126. The molecule has 0 aliphatic carbocycles. The van der Waals surface area contributed by atoms with Crippen LogP contribution in [-0.4, -0.2) is 30.5 Å². The van der Waals surface area contributed by atoms with Crippen LogP contribution in [0.4, 0.5) is 5.69 Å². The number of rotatable bonds is 6. The van der Waals surface area contributed by atoms with E-state index >= 15 is 0 Å². The first kappa shape index (κ1) is 19.1. The van der Waals surface area contributed by atoms with Gasteiger partial charge in [-0.05, 0) is 47.3 Å². The molecule has 0 saturated carbocycles. The average Bonchev–Trinajstić information content (AvgIpc) is 3.42. The predicted molar refractivity (Wildman–Crippen MR) is 113 cm³/mol. The second kappa shape index (κ2) is 8.45. The number of carbonyl (C=O) groups is 2. The molecule has 2 aromatic heterocycles. The molecule has 0 radical (unpaired) electrons. The first-order chi connectivity index (χ1) is 14.2. The molecule has 0 spiro atoms. The van der Waals surface area contributed by atoms with Gasteiger partial charge in [-0.25, -0.2) is 0 Å². The monoisotopic (exact) mass is 407 g/mol. The number of anilines is 1. The lowest BCUT2D eigenvalue weighted by Crippen LogP contribution is -2.32. The molecule has 1 fully saturated rings. The molecule has 1 aromatic carbocycles. The highest BCUT2D eigenvalue weighted by Crippen LogP contribution is 2.28. The van der Waals surface area contributed by atoms with Crippen molar-refractivity contribution in [2.75, 3.05) is 18.6 Å². The summed E-state index contributed by atoms with van der Waals surface area (Å²) in [5, 5.41) is 4.99. The molecule has 0 bridgehead atoms. The second-order valence-electron chi connectivity index (χ2n) is 6.81. The number of hydrogen-bond acceptors (Lipinski definition) is 5. The Morgan fingerprint density at radius 2 is 2.07 bits per heavy atom. The summed E-state index contributed by atoms with van der Waals surface area (Å²) in [6.45, 7) is 0.759. The van der Waals surface area contributed by atoms with E-state index in [9.17, 15) is 9.59 Å². The van der Waals surface area contributed by atoms with Crippen LogP contribution in [0.3, 0.4) is 0 Å². The number of ether oxygens (including phenoxy) is 1. The zero-order valence-electron chi connectivity index (χ0n) is 16.0. The Bertz CT molecular complexity index is 1000. The molecular formula is C22H21N3O3S. The van der Waals surface area contributed by atoms with Crippen LogP contribution >= 0.6 is 11.3 Å². The van der Waals surface area contributed by atoms with Gasteiger partial charge in [0.2, 0.25) is 11.8 Å².